The molecule has 0 fully saturated rings. The first-order valence-electron chi connectivity index (χ1n) is 6.32. The number of carbonyl (C=O) groups excluding carboxylic acids is 1. The number of carbonyl (C=O) groups is 1. The normalized spacial score (nSPS) is 13.9. The third kappa shape index (κ3) is 2.89. The monoisotopic (exact) mass is 275 g/mol. The first kappa shape index (κ1) is 14.3. The van der Waals surface area contributed by atoms with Crippen LogP contribution in [-0.4, -0.2) is 33.9 Å². The van der Waals surface area contributed by atoms with Gasteiger partial charge in [0.05, 0.1) is 0 Å². The van der Waals surface area contributed by atoms with Gasteiger partial charge in [0.1, 0.15) is 18.0 Å². The Hall–Kier alpha value is -2.11. The Bertz CT molecular complexity index is 626. The quantitative estimate of drug-likeness (QED) is 0.672. The highest BCUT2D eigenvalue weighted by atomic mass is 16.3. The van der Waals surface area contributed by atoms with E-state index in [9.17, 15) is 20.1 Å². The third-order valence-electron chi connectivity index (χ3n) is 3.18. The predicted octanol–water partition coefficient (Wildman–Crippen LogP) is 1.08. The summed E-state index contributed by atoms with van der Waals surface area (Å²) in [6, 6.07) is 10.5. The molecule has 0 aliphatic heterocycles. The number of aliphatic hydroxyl groups is 2. The molecule has 0 saturated heterocycles. The Morgan fingerprint density at radius 3 is 2.60 bits per heavy atom. The van der Waals surface area contributed by atoms with Crippen molar-refractivity contribution in [3.05, 3.63) is 42.0 Å². The summed E-state index contributed by atoms with van der Waals surface area (Å²) in [5, 5.41) is 34.0. The van der Waals surface area contributed by atoms with Gasteiger partial charge < -0.3 is 20.6 Å². The van der Waals surface area contributed by atoms with E-state index in [1.165, 1.54) is 6.92 Å². The minimum absolute atomic E-state index is 0.0579. The van der Waals surface area contributed by atoms with Gasteiger partial charge in [-0.15, -0.1) is 0 Å². The maximum atomic E-state index is 10.8. The molecule has 4 N–H and O–H groups in total. The molecule has 0 spiro atoms. The number of amides is 1. The topological polar surface area (TPSA) is 89.8 Å². The molecule has 0 saturated carbocycles. The summed E-state index contributed by atoms with van der Waals surface area (Å²) in [4.78, 5) is 10.8. The third-order valence-corrected chi connectivity index (χ3v) is 3.18. The van der Waals surface area contributed by atoms with Gasteiger partial charge in [0.25, 0.3) is 0 Å². The SMILES string of the molecule is CC(=O)NCC(O)C(O)c1ccc2ccccc2c1O. The molecular formula is C15H17NO4. The number of rotatable bonds is 4. The van der Waals surface area contributed by atoms with E-state index in [0.29, 0.717) is 5.39 Å². The molecule has 5 heteroatoms. The summed E-state index contributed by atoms with van der Waals surface area (Å²) in [6.07, 6.45) is -2.46. The fraction of sp³-hybridized carbons (Fsp3) is 0.267. The molecule has 106 valence electrons. The van der Waals surface area contributed by atoms with Crippen molar-refractivity contribution in [2.75, 3.05) is 6.54 Å². The van der Waals surface area contributed by atoms with Crippen molar-refractivity contribution in [2.45, 2.75) is 19.1 Å². The number of aromatic hydroxyl groups is 1. The molecule has 2 atom stereocenters. The number of nitrogens with one attached hydrogen (secondary N) is 1. The van der Waals surface area contributed by atoms with E-state index in [-0.39, 0.29) is 23.8 Å². The van der Waals surface area contributed by atoms with Crippen molar-refractivity contribution in [1.29, 1.82) is 0 Å². The summed E-state index contributed by atoms with van der Waals surface area (Å²) in [7, 11) is 0. The van der Waals surface area contributed by atoms with Crippen LogP contribution in [-0.2, 0) is 4.79 Å². The summed E-state index contributed by atoms with van der Waals surface area (Å²) in [5.74, 6) is -0.351. The van der Waals surface area contributed by atoms with Crippen LogP contribution >= 0.6 is 0 Å². The second-order valence-corrected chi connectivity index (χ2v) is 4.67. The molecular weight excluding hydrogens is 258 g/mol. The molecule has 20 heavy (non-hydrogen) atoms. The van der Waals surface area contributed by atoms with Gasteiger partial charge in [0, 0.05) is 24.4 Å². The van der Waals surface area contributed by atoms with Gasteiger partial charge in [-0.05, 0) is 5.39 Å². The predicted molar refractivity (Wildman–Crippen MR) is 75.3 cm³/mol. The van der Waals surface area contributed by atoms with Crippen LogP contribution in [0.4, 0.5) is 0 Å². The zero-order valence-electron chi connectivity index (χ0n) is 11.1. The molecule has 2 rings (SSSR count). The lowest BCUT2D eigenvalue weighted by Gasteiger charge is -2.20. The molecule has 1 amide bonds. The average molecular weight is 275 g/mol. The summed E-state index contributed by atoms with van der Waals surface area (Å²) in [6.45, 7) is 1.25. The molecule has 0 heterocycles. The molecule has 2 unspecified atom stereocenters. The highest BCUT2D eigenvalue weighted by Crippen LogP contribution is 2.33. The number of hydrogen-bond donors (Lipinski definition) is 4. The first-order chi connectivity index (χ1) is 9.50. The van der Waals surface area contributed by atoms with Crippen LogP contribution in [0.5, 0.6) is 5.75 Å². The van der Waals surface area contributed by atoms with Crippen molar-refractivity contribution in [1.82, 2.24) is 5.32 Å². The molecule has 0 radical (unpaired) electrons. The molecule has 0 bridgehead atoms. The van der Waals surface area contributed by atoms with Crippen molar-refractivity contribution >= 4 is 16.7 Å². The standard InChI is InChI=1S/C15H17NO4/c1-9(17)16-8-13(18)15(20)12-7-6-10-4-2-3-5-11(10)14(12)19/h2-7,13,15,18-20H,8H2,1H3,(H,16,17). The molecule has 2 aromatic rings. The highest BCUT2D eigenvalue weighted by Gasteiger charge is 2.22. The summed E-state index contributed by atoms with van der Waals surface area (Å²) < 4.78 is 0. The summed E-state index contributed by atoms with van der Waals surface area (Å²) >= 11 is 0. The lowest BCUT2D eigenvalue weighted by molar-refractivity contribution is -0.119. The van der Waals surface area contributed by atoms with Crippen molar-refractivity contribution < 1.29 is 20.1 Å². The van der Waals surface area contributed by atoms with Crippen molar-refractivity contribution in [3.63, 3.8) is 0 Å². The van der Waals surface area contributed by atoms with Gasteiger partial charge in [-0.1, -0.05) is 36.4 Å². The van der Waals surface area contributed by atoms with Crippen LogP contribution in [0.15, 0.2) is 36.4 Å². The maximum absolute atomic E-state index is 10.8. The zero-order chi connectivity index (χ0) is 14.7. The van der Waals surface area contributed by atoms with E-state index in [1.54, 1.807) is 24.3 Å². The number of phenols is 1. The lowest BCUT2D eigenvalue weighted by atomic mass is 9.98. The first-order valence-corrected chi connectivity index (χ1v) is 6.32. The molecule has 5 nitrogen and oxygen atoms in total. The highest BCUT2D eigenvalue weighted by molar-refractivity contribution is 5.89. The Morgan fingerprint density at radius 1 is 1.20 bits per heavy atom. The van der Waals surface area contributed by atoms with E-state index in [0.717, 1.165) is 5.39 Å². The van der Waals surface area contributed by atoms with Gasteiger partial charge in [-0.2, -0.15) is 0 Å². The summed E-state index contributed by atoms with van der Waals surface area (Å²) in [5.41, 5.74) is 0.238. The Morgan fingerprint density at radius 2 is 1.90 bits per heavy atom. The number of fused-ring (bicyclic) bond motifs is 1. The average Bonchev–Trinajstić information content (AvgIpc) is 2.44. The molecule has 2 aromatic carbocycles. The van der Waals surface area contributed by atoms with Crippen molar-refractivity contribution in [2.24, 2.45) is 0 Å². The van der Waals surface area contributed by atoms with Gasteiger partial charge in [-0.3, -0.25) is 4.79 Å². The van der Waals surface area contributed by atoms with Crippen LogP contribution in [0.3, 0.4) is 0 Å². The number of benzene rings is 2. The van der Waals surface area contributed by atoms with Gasteiger partial charge in [-0.25, -0.2) is 0 Å². The van der Waals surface area contributed by atoms with Crippen molar-refractivity contribution in [3.8, 4) is 5.75 Å². The Labute approximate surface area is 116 Å². The lowest BCUT2D eigenvalue weighted by Crippen LogP contribution is -2.34. The minimum Gasteiger partial charge on any atom is -0.507 e. The van der Waals surface area contributed by atoms with Crippen LogP contribution in [0.25, 0.3) is 10.8 Å². The smallest absolute Gasteiger partial charge is 0.216 e. The number of hydrogen-bond acceptors (Lipinski definition) is 4. The second kappa shape index (κ2) is 5.90. The maximum Gasteiger partial charge on any atom is 0.216 e. The van der Waals surface area contributed by atoms with E-state index < -0.39 is 12.2 Å². The van der Waals surface area contributed by atoms with Crippen LogP contribution in [0.2, 0.25) is 0 Å². The fourth-order valence-corrected chi connectivity index (χ4v) is 2.08. The Kier molecular flexibility index (Phi) is 4.22. The fourth-order valence-electron chi connectivity index (χ4n) is 2.08. The minimum atomic E-state index is -1.27. The van der Waals surface area contributed by atoms with Gasteiger partial charge >= 0.3 is 0 Å². The largest absolute Gasteiger partial charge is 0.507 e. The molecule has 0 aliphatic carbocycles. The Balaban J connectivity index is 2.28. The molecule has 0 aromatic heterocycles. The zero-order valence-corrected chi connectivity index (χ0v) is 11.1. The molecule has 0 aliphatic rings. The number of aliphatic hydroxyl groups excluding tert-OH is 2. The van der Waals surface area contributed by atoms with Crippen LogP contribution < -0.4 is 5.32 Å². The van der Waals surface area contributed by atoms with Crippen LogP contribution in [0.1, 0.15) is 18.6 Å². The van der Waals surface area contributed by atoms with Gasteiger partial charge in [0.2, 0.25) is 5.91 Å². The number of phenolic OH excluding ortho intramolecular Hbond substituents is 1. The van der Waals surface area contributed by atoms with E-state index >= 15 is 0 Å². The van der Waals surface area contributed by atoms with Crippen LogP contribution in [0, 0.1) is 0 Å². The van der Waals surface area contributed by atoms with E-state index in [1.807, 2.05) is 12.1 Å². The van der Waals surface area contributed by atoms with Gasteiger partial charge in [0.15, 0.2) is 0 Å². The second-order valence-electron chi connectivity index (χ2n) is 4.67. The van der Waals surface area contributed by atoms with E-state index in [4.69, 9.17) is 0 Å². The van der Waals surface area contributed by atoms with E-state index in [2.05, 4.69) is 5.32 Å².